The van der Waals surface area contributed by atoms with Crippen LogP contribution in [-0.4, -0.2) is 19.9 Å². The Hall–Kier alpha value is -9.78. The van der Waals surface area contributed by atoms with Gasteiger partial charge in [0, 0.05) is 36.7 Å². The summed E-state index contributed by atoms with van der Waals surface area (Å²) in [4.78, 5) is 16.6. The van der Waals surface area contributed by atoms with Crippen LogP contribution in [0.25, 0.3) is 0 Å². The summed E-state index contributed by atoms with van der Waals surface area (Å²) < 4.78 is 25.6. The van der Waals surface area contributed by atoms with Crippen molar-refractivity contribution in [1.29, 1.82) is 0 Å². The first-order valence-electron chi connectivity index (χ1n) is 49.1. The quantitative estimate of drug-likeness (QED) is 0.115. The molecule has 0 amide bonds. The van der Waals surface area contributed by atoms with E-state index >= 15 is 0 Å². The fourth-order valence-electron chi connectivity index (χ4n) is 17.5. The van der Waals surface area contributed by atoms with Crippen LogP contribution < -0.4 is 0 Å². The maximum Gasteiger partial charge on any atom is 0.126 e. The standard InChI is InChI=1S/C13H18.C12H16.C11H14.C11H16.2C10H13F.C10H12.2C10H14.2C9H13N.C8H12N2/c1-11-7-5-6-10-13(11)12-8-3-2-4-9-12;1-10-6-2-5-9-12(10)11-7-3-4-8-11;1-9-5-2-3-8-11(9)10-6-4-7-10;1-8(2)11-6-5-9(3)7-10(11)4;1-7(2)10-5-4-9(11)6-8(10)3;1-7(2)9-5-4-6-10(11)8(9)3;1-8-4-2-3-5-10(8)9-6-7-9;1-8(2)10-7-5-4-6-9(10)3;1-3-6-10-8-5-4-7-9(10)2;1-7(2)9-6-10-5-4-8(9)3;1-7(2)9-5-4-6-10-8(9)3;1-6(2)8-7(3)9-4-5-10-8/h5-7,10,12H,2-4,8-9H2,1H3;2,5-6,9,11H,3-4,7-8H2,1H3;2-3,5,8,10H,4,6-7H2,1H3;5-8H,1-4H3;2*4-7H,1-3H3;2-5,9H,6-7H2,1H3;4-8H,1-3H3;4-5,7-8H,3,6H2,1-2H3;2*4-7H,1-3H3;4-6H,1-3H3. The van der Waals surface area contributed by atoms with E-state index in [0.717, 1.165) is 57.4 Å². The van der Waals surface area contributed by atoms with Crippen molar-refractivity contribution >= 4 is 0 Å². The van der Waals surface area contributed by atoms with Crippen molar-refractivity contribution in [3.05, 3.63) is 400 Å². The molecule has 0 aliphatic heterocycles. The van der Waals surface area contributed by atoms with Gasteiger partial charge < -0.3 is 0 Å². The summed E-state index contributed by atoms with van der Waals surface area (Å²) >= 11 is 0. The van der Waals surface area contributed by atoms with Crippen LogP contribution in [-0.2, 0) is 6.42 Å². The number of aryl methyl sites for hydroxylation is 13. The summed E-state index contributed by atoms with van der Waals surface area (Å²) in [5.74, 6) is 7.12. The molecule has 0 radical (unpaired) electrons. The lowest BCUT2D eigenvalue weighted by Crippen LogP contribution is -2.09. The minimum Gasteiger partial charge on any atom is -0.264 e. The second-order valence-corrected chi connectivity index (χ2v) is 38.5. The Labute approximate surface area is 785 Å². The van der Waals surface area contributed by atoms with Crippen LogP contribution in [0.5, 0.6) is 0 Å². The first-order chi connectivity index (χ1) is 61.6. The molecule has 12 aromatic rings. The van der Waals surface area contributed by atoms with E-state index in [4.69, 9.17) is 0 Å². The molecular formula is C123H168F2N4. The van der Waals surface area contributed by atoms with E-state index in [1.165, 1.54) is 198 Å². The Kier molecular flexibility index (Phi) is 50.6. The molecule has 16 rings (SSSR count). The van der Waals surface area contributed by atoms with Gasteiger partial charge in [-0.05, 0) is 360 Å². The van der Waals surface area contributed by atoms with E-state index < -0.39 is 0 Å². The van der Waals surface area contributed by atoms with Gasteiger partial charge in [-0.3, -0.25) is 19.9 Å². The molecular weight excluding hydrogens is 1570 g/mol. The summed E-state index contributed by atoms with van der Waals surface area (Å²) in [6.45, 7) is 59.9. The van der Waals surface area contributed by atoms with Gasteiger partial charge >= 0.3 is 0 Å². The zero-order valence-corrected chi connectivity index (χ0v) is 85.4. The lowest BCUT2D eigenvalue weighted by atomic mass is 9.78. The van der Waals surface area contributed by atoms with Crippen molar-refractivity contribution in [2.45, 2.75) is 362 Å². The van der Waals surface area contributed by atoms with E-state index in [2.05, 4.69) is 369 Å². The van der Waals surface area contributed by atoms with Gasteiger partial charge in [-0.1, -0.05) is 342 Å². The molecule has 129 heavy (non-hydrogen) atoms. The molecule has 3 heterocycles. The van der Waals surface area contributed by atoms with Crippen molar-refractivity contribution in [2.75, 3.05) is 0 Å². The Morgan fingerprint density at radius 1 is 0.279 bits per heavy atom. The third-order valence-electron chi connectivity index (χ3n) is 25.4. The number of nitrogens with zero attached hydrogens (tertiary/aromatic N) is 4. The average molecular weight is 1740 g/mol. The molecule has 694 valence electrons. The van der Waals surface area contributed by atoms with E-state index in [1.807, 2.05) is 57.6 Å². The monoisotopic (exact) mass is 1740 g/mol. The number of benzene rings is 9. The Morgan fingerprint density at radius 3 is 1.00 bits per heavy atom. The van der Waals surface area contributed by atoms with Gasteiger partial charge in [0.1, 0.15) is 11.6 Å². The van der Waals surface area contributed by atoms with E-state index in [9.17, 15) is 8.78 Å². The van der Waals surface area contributed by atoms with Crippen LogP contribution >= 0.6 is 0 Å². The van der Waals surface area contributed by atoms with E-state index in [0.29, 0.717) is 41.4 Å². The highest BCUT2D eigenvalue weighted by Gasteiger charge is 2.25. The van der Waals surface area contributed by atoms with Crippen molar-refractivity contribution in [2.24, 2.45) is 0 Å². The molecule has 4 nitrogen and oxygen atoms in total. The van der Waals surface area contributed by atoms with Gasteiger partial charge in [0.05, 0.1) is 11.4 Å². The topological polar surface area (TPSA) is 51.6 Å². The molecule has 4 aliphatic rings. The van der Waals surface area contributed by atoms with Crippen molar-refractivity contribution in [1.82, 2.24) is 19.9 Å². The predicted molar refractivity (Wildman–Crippen MR) is 558 cm³/mol. The fourth-order valence-corrected chi connectivity index (χ4v) is 17.5. The smallest absolute Gasteiger partial charge is 0.126 e. The van der Waals surface area contributed by atoms with Crippen LogP contribution in [0.4, 0.5) is 8.78 Å². The first kappa shape index (κ1) is 110. The summed E-state index contributed by atoms with van der Waals surface area (Å²) in [5, 5.41) is 0. The molecule has 6 heteroatoms. The van der Waals surface area contributed by atoms with Gasteiger partial charge in [-0.25, -0.2) is 8.78 Å². The van der Waals surface area contributed by atoms with Crippen molar-refractivity contribution in [3.8, 4) is 0 Å². The fraction of sp³-hybridized carbons (Fsp3) is 0.447. The van der Waals surface area contributed by atoms with E-state index in [-0.39, 0.29) is 11.6 Å². The Morgan fingerprint density at radius 2 is 0.651 bits per heavy atom. The molecule has 9 aromatic carbocycles. The average Bonchev–Trinajstić information content (AvgIpc) is 1.13. The lowest BCUT2D eigenvalue weighted by molar-refractivity contribution is 0.418. The van der Waals surface area contributed by atoms with Gasteiger partial charge in [-0.2, -0.15) is 0 Å². The van der Waals surface area contributed by atoms with Crippen molar-refractivity contribution in [3.63, 3.8) is 0 Å². The Bertz CT molecular complexity index is 4780. The molecule has 0 N–H and O–H groups in total. The van der Waals surface area contributed by atoms with Crippen LogP contribution in [0.2, 0.25) is 0 Å². The van der Waals surface area contributed by atoms with Gasteiger partial charge in [0.25, 0.3) is 0 Å². The Balaban J connectivity index is 0.000000250. The predicted octanol–water partition coefficient (Wildman–Crippen LogP) is 36.8. The number of rotatable bonds is 13. The molecule has 0 atom stereocenters. The van der Waals surface area contributed by atoms with E-state index in [1.54, 1.807) is 46.8 Å². The molecule has 4 aliphatic carbocycles. The number of hydrogen-bond acceptors (Lipinski definition) is 4. The molecule has 4 saturated carbocycles. The minimum atomic E-state index is -0.146. The van der Waals surface area contributed by atoms with Gasteiger partial charge in [-0.15, -0.1) is 0 Å². The van der Waals surface area contributed by atoms with Crippen LogP contribution in [0.15, 0.2) is 249 Å². The second kappa shape index (κ2) is 59.5. The van der Waals surface area contributed by atoms with Crippen LogP contribution in [0.1, 0.15) is 405 Å². The lowest BCUT2D eigenvalue weighted by Gasteiger charge is -2.27. The molecule has 4 fully saturated rings. The maximum atomic E-state index is 12.9. The molecule has 0 unspecified atom stereocenters. The summed E-state index contributed by atoms with van der Waals surface area (Å²) in [7, 11) is 0. The van der Waals surface area contributed by atoms with Gasteiger partial charge in [0.15, 0.2) is 0 Å². The minimum absolute atomic E-state index is 0.101. The largest absolute Gasteiger partial charge is 0.264 e. The highest BCUT2D eigenvalue weighted by Crippen LogP contribution is 2.42. The van der Waals surface area contributed by atoms with Gasteiger partial charge in [0.2, 0.25) is 0 Å². The molecule has 0 spiro atoms. The van der Waals surface area contributed by atoms with Crippen LogP contribution in [0, 0.1) is 102 Å². The second-order valence-electron chi connectivity index (χ2n) is 38.5. The van der Waals surface area contributed by atoms with Crippen molar-refractivity contribution < 1.29 is 8.78 Å². The summed E-state index contributed by atoms with van der Waals surface area (Å²) in [6, 6.07) is 75.3. The third kappa shape index (κ3) is 39.8. The SMILES string of the molecule is CCCc1ccccc1C.Cc1c(F)cccc1C(C)C.Cc1cc(F)ccc1C(C)C.Cc1ccc(C(C)C)c(C)c1.Cc1ccccc1C(C)C.Cc1ccccc1C1CC1.Cc1ccccc1C1CCC1.Cc1ccccc1C1CCCC1.Cc1ccccc1C1CCCCC1.Cc1ccncc1C(C)C.Cc1ncccc1C(C)C.Cc1nccnc1C(C)C. The molecule has 0 saturated heterocycles. The molecule has 3 aromatic heterocycles. The maximum absolute atomic E-state index is 12.9. The number of aromatic nitrogens is 4. The number of halogens is 2. The number of hydrogen-bond donors (Lipinski definition) is 0. The zero-order valence-electron chi connectivity index (χ0n) is 85.4. The summed E-state index contributed by atoms with van der Waals surface area (Å²) in [5.41, 5.74) is 33.7. The normalized spacial score (nSPS) is 13.2. The number of pyridine rings is 2. The van der Waals surface area contributed by atoms with Crippen LogP contribution in [0.3, 0.4) is 0 Å². The third-order valence-corrected chi connectivity index (χ3v) is 25.4. The highest BCUT2D eigenvalue weighted by atomic mass is 19.1. The first-order valence-corrected chi connectivity index (χ1v) is 49.1. The zero-order chi connectivity index (χ0) is 95.1. The highest BCUT2D eigenvalue weighted by molar-refractivity contribution is 5.37. The summed E-state index contributed by atoms with van der Waals surface area (Å²) in [6.07, 6.45) is 31.4. The molecule has 0 bridgehead atoms.